The van der Waals surface area contributed by atoms with Gasteiger partial charge in [-0.3, -0.25) is 14.9 Å². The van der Waals surface area contributed by atoms with Gasteiger partial charge in [-0.15, -0.1) is 0 Å². The summed E-state index contributed by atoms with van der Waals surface area (Å²) in [5.41, 5.74) is 1.21. The number of nitro benzene ring substituents is 1. The van der Waals surface area contributed by atoms with Crippen molar-refractivity contribution < 1.29 is 9.72 Å². The number of aryl methyl sites for hydroxylation is 1. The topological polar surface area (TPSA) is 75.5 Å². The second-order valence-electron chi connectivity index (χ2n) is 4.99. The van der Waals surface area contributed by atoms with Crippen LogP contribution >= 0.6 is 0 Å². The van der Waals surface area contributed by atoms with E-state index in [1.165, 1.54) is 12.1 Å². The number of nitro groups is 1. The van der Waals surface area contributed by atoms with Crippen LogP contribution in [0.15, 0.2) is 18.2 Å². The Bertz CT molecular complexity index is 524. The van der Waals surface area contributed by atoms with Crippen molar-refractivity contribution in [1.29, 1.82) is 0 Å². The molecule has 0 radical (unpaired) electrons. The number of nitrogens with one attached hydrogen (secondary N) is 1. The van der Waals surface area contributed by atoms with Gasteiger partial charge in [-0.1, -0.05) is 0 Å². The largest absolute Gasteiger partial charge is 0.335 e. The summed E-state index contributed by atoms with van der Waals surface area (Å²) < 4.78 is 0. The number of likely N-dealkylation sites (N-methyl/N-ethyl adjacent to an activating group) is 1. The molecule has 0 aliphatic carbocycles. The van der Waals surface area contributed by atoms with E-state index in [0.717, 1.165) is 19.5 Å². The highest BCUT2D eigenvalue weighted by Crippen LogP contribution is 2.20. The Labute approximate surface area is 117 Å². The first kappa shape index (κ1) is 14.5. The van der Waals surface area contributed by atoms with Gasteiger partial charge in [0.1, 0.15) is 0 Å². The average molecular weight is 277 g/mol. The van der Waals surface area contributed by atoms with E-state index in [2.05, 4.69) is 5.32 Å². The van der Waals surface area contributed by atoms with Gasteiger partial charge in [-0.25, -0.2) is 0 Å². The minimum atomic E-state index is -0.445. The Hall–Kier alpha value is -1.95. The summed E-state index contributed by atoms with van der Waals surface area (Å²) in [6, 6.07) is 4.61. The van der Waals surface area contributed by atoms with E-state index in [0.29, 0.717) is 17.7 Å². The Morgan fingerprint density at radius 1 is 1.55 bits per heavy atom. The van der Waals surface area contributed by atoms with Gasteiger partial charge in [-0.2, -0.15) is 0 Å². The molecule has 6 nitrogen and oxygen atoms in total. The molecule has 20 heavy (non-hydrogen) atoms. The zero-order chi connectivity index (χ0) is 14.7. The molecule has 2 rings (SSSR count). The van der Waals surface area contributed by atoms with Gasteiger partial charge in [0, 0.05) is 36.8 Å². The van der Waals surface area contributed by atoms with Crippen molar-refractivity contribution in [1.82, 2.24) is 10.2 Å². The van der Waals surface area contributed by atoms with E-state index in [-0.39, 0.29) is 17.6 Å². The molecule has 6 heteroatoms. The molecule has 1 N–H and O–H groups in total. The Morgan fingerprint density at radius 2 is 2.30 bits per heavy atom. The molecule has 1 fully saturated rings. The van der Waals surface area contributed by atoms with Crippen LogP contribution in [0, 0.1) is 17.0 Å². The van der Waals surface area contributed by atoms with Crippen molar-refractivity contribution in [3.63, 3.8) is 0 Å². The predicted octanol–water partition coefficient (Wildman–Crippen LogP) is 1.73. The van der Waals surface area contributed by atoms with Gasteiger partial charge in [0.05, 0.1) is 4.92 Å². The van der Waals surface area contributed by atoms with Gasteiger partial charge < -0.3 is 10.2 Å². The molecule has 1 aliphatic rings. The van der Waals surface area contributed by atoms with Gasteiger partial charge >= 0.3 is 0 Å². The SMILES string of the molecule is CCN(C(=O)c1ccc([N+](=O)[O-])cc1C)C1CCNC1. The fourth-order valence-corrected chi connectivity index (χ4v) is 2.63. The fraction of sp³-hybridized carbons (Fsp3) is 0.500. The van der Waals surface area contributed by atoms with Crippen LogP contribution in [-0.2, 0) is 0 Å². The highest BCUT2D eigenvalue weighted by atomic mass is 16.6. The standard InChI is InChI=1S/C14H19N3O3/c1-3-16(12-6-7-15-9-12)14(18)13-5-4-11(17(19)20)8-10(13)2/h4-5,8,12,15H,3,6-7,9H2,1-2H3. The lowest BCUT2D eigenvalue weighted by Gasteiger charge is -2.27. The molecule has 0 bridgehead atoms. The third-order valence-electron chi connectivity index (χ3n) is 3.73. The number of rotatable bonds is 4. The smallest absolute Gasteiger partial charge is 0.269 e. The number of amides is 1. The Balaban J connectivity index is 2.25. The maximum Gasteiger partial charge on any atom is 0.269 e. The number of hydrogen-bond acceptors (Lipinski definition) is 4. The molecule has 108 valence electrons. The molecule has 1 heterocycles. The molecule has 0 saturated carbocycles. The number of benzene rings is 1. The molecule has 1 aromatic carbocycles. The van der Waals surface area contributed by atoms with E-state index in [9.17, 15) is 14.9 Å². The van der Waals surface area contributed by atoms with Gasteiger partial charge in [0.15, 0.2) is 0 Å². The maximum absolute atomic E-state index is 12.6. The molecule has 1 aromatic rings. The van der Waals surface area contributed by atoms with E-state index >= 15 is 0 Å². The van der Waals surface area contributed by atoms with Crippen molar-refractivity contribution in [3.05, 3.63) is 39.4 Å². The van der Waals surface area contributed by atoms with E-state index in [4.69, 9.17) is 0 Å². The summed E-state index contributed by atoms with van der Waals surface area (Å²) in [5.74, 6) is -0.0476. The first-order valence-corrected chi connectivity index (χ1v) is 6.81. The number of carbonyl (C=O) groups is 1. The molecular formula is C14H19N3O3. The van der Waals surface area contributed by atoms with E-state index < -0.39 is 4.92 Å². The van der Waals surface area contributed by atoms with Crippen LogP contribution in [0.2, 0.25) is 0 Å². The minimum absolute atomic E-state index is 0.0182. The third-order valence-corrected chi connectivity index (χ3v) is 3.73. The predicted molar refractivity (Wildman–Crippen MR) is 75.8 cm³/mol. The molecule has 1 amide bonds. The Morgan fingerprint density at radius 3 is 2.80 bits per heavy atom. The molecule has 1 saturated heterocycles. The first-order chi connectivity index (χ1) is 9.54. The summed E-state index contributed by atoms with van der Waals surface area (Å²) in [5, 5.41) is 14.0. The average Bonchev–Trinajstić information content (AvgIpc) is 2.93. The lowest BCUT2D eigenvalue weighted by Crippen LogP contribution is -2.41. The van der Waals surface area contributed by atoms with Crippen LogP contribution < -0.4 is 5.32 Å². The van der Waals surface area contributed by atoms with Crippen molar-refractivity contribution in [2.45, 2.75) is 26.3 Å². The van der Waals surface area contributed by atoms with Crippen LogP contribution in [0.25, 0.3) is 0 Å². The summed E-state index contributed by atoms with van der Waals surface area (Å²) in [6.45, 7) is 6.07. The molecular weight excluding hydrogens is 258 g/mol. The van der Waals surface area contributed by atoms with E-state index in [1.807, 2.05) is 11.8 Å². The fourth-order valence-electron chi connectivity index (χ4n) is 2.63. The minimum Gasteiger partial charge on any atom is -0.335 e. The van der Waals surface area contributed by atoms with Gasteiger partial charge in [-0.05, 0) is 38.4 Å². The van der Waals surface area contributed by atoms with Crippen molar-refractivity contribution in [2.75, 3.05) is 19.6 Å². The van der Waals surface area contributed by atoms with E-state index in [1.54, 1.807) is 13.0 Å². The monoisotopic (exact) mass is 277 g/mol. The zero-order valence-electron chi connectivity index (χ0n) is 11.8. The van der Waals surface area contributed by atoms with Crippen LogP contribution in [-0.4, -0.2) is 41.4 Å². The lowest BCUT2D eigenvalue weighted by molar-refractivity contribution is -0.384. The molecule has 1 atom stereocenters. The lowest BCUT2D eigenvalue weighted by atomic mass is 10.1. The van der Waals surface area contributed by atoms with Crippen LogP contribution in [0.4, 0.5) is 5.69 Å². The van der Waals surface area contributed by atoms with Crippen LogP contribution in [0.5, 0.6) is 0 Å². The molecule has 0 spiro atoms. The Kier molecular flexibility index (Phi) is 4.34. The van der Waals surface area contributed by atoms with Crippen LogP contribution in [0.3, 0.4) is 0 Å². The second kappa shape index (κ2) is 6.00. The van der Waals surface area contributed by atoms with Gasteiger partial charge in [0.2, 0.25) is 0 Å². The second-order valence-corrected chi connectivity index (χ2v) is 4.99. The molecule has 1 unspecified atom stereocenters. The molecule has 0 aromatic heterocycles. The van der Waals surface area contributed by atoms with Gasteiger partial charge in [0.25, 0.3) is 11.6 Å². The number of nitrogens with zero attached hydrogens (tertiary/aromatic N) is 2. The van der Waals surface area contributed by atoms with Crippen molar-refractivity contribution >= 4 is 11.6 Å². The van der Waals surface area contributed by atoms with Crippen molar-refractivity contribution in [2.24, 2.45) is 0 Å². The highest BCUT2D eigenvalue weighted by Gasteiger charge is 2.27. The van der Waals surface area contributed by atoms with Crippen molar-refractivity contribution in [3.8, 4) is 0 Å². The summed E-state index contributed by atoms with van der Waals surface area (Å²) >= 11 is 0. The van der Waals surface area contributed by atoms with Crippen LogP contribution in [0.1, 0.15) is 29.3 Å². The first-order valence-electron chi connectivity index (χ1n) is 6.81. The third kappa shape index (κ3) is 2.80. The quantitative estimate of drug-likeness (QED) is 0.671. The number of carbonyl (C=O) groups excluding carboxylic acids is 1. The molecule has 1 aliphatic heterocycles. The number of non-ortho nitro benzene ring substituents is 1. The maximum atomic E-state index is 12.6. The number of hydrogen-bond donors (Lipinski definition) is 1. The summed E-state index contributed by atoms with van der Waals surface area (Å²) in [4.78, 5) is 24.7. The normalized spacial score (nSPS) is 18.0. The summed E-state index contributed by atoms with van der Waals surface area (Å²) in [6.07, 6.45) is 0.950. The zero-order valence-corrected chi connectivity index (χ0v) is 11.8. The highest BCUT2D eigenvalue weighted by molar-refractivity contribution is 5.96. The summed E-state index contributed by atoms with van der Waals surface area (Å²) in [7, 11) is 0.